The molecule has 140 valence electrons. The summed E-state index contributed by atoms with van der Waals surface area (Å²) in [4.78, 5) is 24.6. The molecular weight excluding hydrogens is 347 g/mol. The molecule has 0 spiro atoms. The van der Waals surface area contributed by atoms with Gasteiger partial charge in [0.15, 0.2) is 0 Å². The molecule has 0 aromatic carbocycles. The quantitative estimate of drug-likeness (QED) is 0.702. The van der Waals surface area contributed by atoms with E-state index < -0.39 is 17.6 Å². The molecule has 3 heterocycles. The maximum absolute atomic E-state index is 13.5. The first-order valence-corrected chi connectivity index (χ1v) is 8.57. The Morgan fingerprint density at radius 1 is 1.19 bits per heavy atom. The van der Waals surface area contributed by atoms with Crippen molar-refractivity contribution >= 4 is 17.0 Å². The zero-order chi connectivity index (χ0) is 19.6. The zero-order valence-corrected chi connectivity index (χ0v) is 15.7. The smallest absolute Gasteiger partial charge is 0.407 e. The van der Waals surface area contributed by atoms with Crippen molar-refractivity contribution in [2.24, 2.45) is 0 Å². The van der Waals surface area contributed by atoms with Gasteiger partial charge in [-0.25, -0.2) is 14.8 Å². The molecule has 6 nitrogen and oxygen atoms in total. The minimum Gasteiger partial charge on any atom is -0.444 e. The number of nitrogens with zero attached hydrogens (tertiary/aromatic N) is 3. The maximum Gasteiger partial charge on any atom is 0.407 e. The molecule has 3 aromatic rings. The van der Waals surface area contributed by atoms with Gasteiger partial charge in [0.25, 0.3) is 0 Å². The lowest BCUT2D eigenvalue weighted by atomic mass is 10.1. The van der Waals surface area contributed by atoms with Crippen LogP contribution >= 0.6 is 0 Å². The van der Waals surface area contributed by atoms with Crippen LogP contribution in [-0.2, 0) is 11.3 Å². The van der Waals surface area contributed by atoms with Crippen LogP contribution in [0.2, 0.25) is 0 Å². The van der Waals surface area contributed by atoms with Crippen molar-refractivity contribution in [3.8, 4) is 11.4 Å². The lowest BCUT2D eigenvalue weighted by Gasteiger charge is -2.19. The summed E-state index contributed by atoms with van der Waals surface area (Å²) in [6.07, 6.45) is 1.18. The predicted octanol–water partition coefficient (Wildman–Crippen LogP) is 4.16. The second-order valence-corrected chi connectivity index (χ2v) is 7.22. The van der Waals surface area contributed by atoms with E-state index in [0.717, 1.165) is 10.9 Å². The van der Waals surface area contributed by atoms with E-state index in [0.29, 0.717) is 22.6 Å². The molecule has 0 saturated carbocycles. The van der Waals surface area contributed by atoms with Crippen molar-refractivity contribution in [2.75, 3.05) is 0 Å². The van der Waals surface area contributed by atoms with Crippen LogP contribution in [0.3, 0.4) is 0 Å². The van der Waals surface area contributed by atoms with Crippen LogP contribution in [0.15, 0.2) is 36.5 Å². The SMILES string of the molecule is Cc1ccc(F)nc1-c1ccc2cnc(CNC(=O)OC(C)(C)C)cc2n1. The van der Waals surface area contributed by atoms with E-state index in [2.05, 4.69) is 20.3 Å². The van der Waals surface area contributed by atoms with Crippen molar-refractivity contribution in [1.29, 1.82) is 0 Å². The van der Waals surface area contributed by atoms with Gasteiger partial charge < -0.3 is 10.1 Å². The number of aryl methyl sites for hydroxylation is 1. The molecule has 0 aliphatic carbocycles. The number of alkyl carbamates (subject to hydrolysis) is 1. The number of ether oxygens (including phenoxy) is 1. The molecule has 3 rings (SSSR count). The Bertz CT molecular complexity index is 999. The number of carbonyl (C=O) groups is 1. The molecule has 7 heteroatoms. The second kappa shape index (κ2) is 7.26. The molecule has 27 heavy (non-hydrogen) atoms. The van der Waals surface area contributed by atoms with Crippen LogP contribution in [0.5, 0.6) is 0 Å². The Labute approximate surface area is 156 Å². The summed E-state index contributed by atoms with van der Waals surface area (Å²) in [5.74, 6) is -0.547. The number of aromatic nitrogens is 3. The van der Waals surface area contributed by atoms with Crippen molar-refractivity contribution in [3.63, 3.8) is 0 Å². The van der Waals surface area contributed by atoms with Crippen molar-refractivity contribution in [3.05, 3.63) is 53.7 Å². The molecule has 0 aliphatic rings. The van der Waals surface area contributed by atoms with E-state index in [9.17, 15) is 9.18 Å². The molecule has 0 fully saturated rings. The lowest BCUT2D eigenvalue weighted by Crippen LogP contribution is -2.32. The largest absolute Gasteiger partial charge is 0.444 e. The van der Waals surface area contributed by atoms with Crippen LogP contribution in [0.4, 0.5) is 9.18 Å². The van der Waals surface area contributed by atoms with Crippen LogP contribution in [0, 0.1) is 12.9 Å². The number of hydrogen-bond acceptors (Lipinski definition) is 5. The number of pyridine rings is 3. The predicted molar refractivity (Wildman–Crippen MR) is 101 cm³/mol. The molecule has 0 bridgehead atoms. The normalized spacial score (nSPS) is 11.4. The summed E-state index contributed by atoms with van der Waals surface area (Å²) in [7, 11) is 0. The van der Waals surface area contributed by atoms with Crippen molar-refractivity contribution in [1.82, 2.24) is 20.3 Å². The summed E-state index contributed by atoms with van der Waals surface area (Å²) in [6, 6.07) is 8.43. The van der Waals surface area contributed by atoms with Gasteiger partial charge >= 0.3 is 6.09 Å². The first-order valence-electron chi connectivity index (χ1n) is 8.57. The number of fused-ring (bicyclic) bond motifs is 1. The highest BCUT2D eigenvalue weighted by Gasteiger charge is 2.16. The summed E-state index contributed by atoms with van der Waals surface area (Å²) in [5.41, 5.74) is 2.69. The average molecular weight is 368 g/mol. The average Bonchev–Trinajstić information content (AvgIpc) is 2.60. The highest BCUT2D eigenvalue weighted by atomic mass is 19.1. The standard InChI is InChI=1S/C20H21FN4O2/c1-12-5-8-17(21)25-18(12)15-7-6-13-10-22-14(9-16(13)24-15)11-23-19(26)27-20(2,3)4/h5-10H,11H2,1-4H3,(H,23,26). The fraction of sp³-hybridized carbons (Fsp3) is 0.300. The fourth-order valence-electron chi connectivity index (χ4n) is 2.53. The molecule has 0 radical (unpaired) electrons. The molecular formula is C20H21FN4O2. The van der Waals surface area contributed by atoms with Gasteiger partial charge in [-0.3, -0.25) is 4.98 Å². The minimum absolute atomic E-state index is 0.216. The Morgan fingerprint density at radius 3 is 2.70 bits per heavy atom. The van der Waals surface area contributed by atoms with E-state index in [-0.39, 0.29) is 6.54 Å². The summed E-state index contributed by atoms with van der Waals surface area (Å²) < 4.78 is 18.7. The van der Waals surface area contributed by atoms with Gasteiger partial charge in [-0.2, -0.15) is 4.39 Å². The first kappa shape index (κ1) is 18.7. The zero-order valence-electron chi connectivity index (χ0n) is 15.7. The topological polar surface area (TPSA) is 77.0 Å². The number of halogens is 1. The maximum atomic E-state index is 13.5. The van der Waals surface area contributed by atoms with E-state index in [1.165, 1.54) is 6.07 Å². The monoisotopic (exact) mass is 368 g/mol. The summed E-state index contributed by atoms with van der Waals surface area (Å²) >= 11 is 0. The Balaban J connectivity index is 1.84. The molecule has 0 saturated heterocycles. The Kier molecular flexibility index (Phi) is 5.03. The van der Waals surface area contributed by atoms with Gasteiger partial charge in [-0.15, -0.1) is 0 Å². The fourth-order valence-corrected chi connectivity index (χ4v) is 2.53. The summed E-state index contributed by atoms with van der Waals surface area (Å²) in [5, 5.41) is 3.51. The van der Waals surface area contributed by atoms with Crippen LogP contribution in [0.25, 0.3) is 22.3 Å². The Morgan fingerprint density at radius 2 is 1.96 bits per heavy atom. The van der Waals surface area contributed by atoms with Gasteiger partial charge in [-0.1, -0.05) is 6.07 Å². The minimum atomic E-state index is -0.562. The van der Waals surface area contributed by atoms with Crippen molar-refractivity contribution in [2.45, 2.75) is 39.8 Å². The lowest BCUT2D eigenvalue weighted by molar-refractivity contribution is 0.0523. The van der Waals surface area contributed by atoms with E-state index in [1.807, 2.05) is 13.0 Å². The van der Waals surface area contributed by atoms with Gasteiger partial charge in [0.2, 0.25) is 5.95 Å². The molecule has 1 amide bonds. The summed E-state index contributed by atoms with van der Waals surface area (Å²) in [6.45, 7) is 7.47. The second-order valence-electron chi connectivity index (χ2n) is 7.22. The van der Waals surface area contributed by atoms with Gasteiger partial charge in [-0.05, 0) is 57.5 Å². The van der Waals surface area contributed by atoms with Gasteiger partial charge in [0.1, 0.15) is 5.60 Å². The first-order chi connectivity index (χ1) is 12.7. The number of amides is 1. The molecule has 3 aromatic heterocycles. The van der Waals surface area contributed by atoms with Crippen LogP contribution in [0.1, 0.15) is 32.0 Å². The van der Waals surface area contributed by atoms with E-state index in [1.54, 1.807) is 45.2 Å². The third-order valence-electron chi connectivity index (χ3n) is 3.75. The highest BCUT2D eigenvalue weighted by Crippen LogP contribution is 2.22. The number of hydrogen-bond donors (Lipinski definition) is 1. The Hall–Kier alpha value is -3.09. The molecule has 0 aliphatic heterocycles. The van der Waals surface area contributed by atoms with Crippen LogP contribution < -0.4 is 5.32 Å². The third-order valence-corrected chi connectivity index (χ3v) is 3.75. The molecule has 1 N–H and O–H groups in total. The molecule has 0 unspecified atom stereocenters. The van der Waals surface area contributed by atoms with E-state index >= 15 is 0 Å². The van der Waals surface area contributed by atoms with Gasteiger partial charge in [0, 0.05) is 11.6 Å². The van der Waals surface area contributed by atoms with Gasteiger partial charge in [0.05, 0.1) is 29.1 Å². The third kappa shape index (κ3) is 4.75. The molecule has 0 atom stereocenters. The highest BCUT2D eigenvalue weighted by molar-refractivity contribution is 5.81. The number of rotatable bonds is 3. The number of carbonyl (C=O) groups excluding carboxylic acids is 1. The number of nitrogens with one attached hydrogen (secondary N) is 1. The van der Waals surface area contributed by atoms with Crippen molar-refractivity contribution < 1.29 is 13.9 Å². The van der Waals surface area contributed by atoms with E-state index in [4.69, 9.17) is 4.74 Å². The van der Waals surface area contributed by atoms with Crippen LogP contribution in [-0.4, -0.2) is 26.6 Å².